The number of nitrogens with zero attached hydrogens (tertiary/aromatic N) is 6. The molecule has 1 aliphatic heterocycles. The van der Waals surface area contributed by atoms with Crippen LogP contribution in [0.2, 0.25) is 0 Å². The number of hydrogen-bond donors (Lipinski definition) is 0. The van der Waals surface area contributed by atoms with Crippen LogP contribution in [-0.2, 0) is 0 Å². The van der Waals surface area contributed by atoms with E-state index in [0.29, 0.717) is 37.7 Å². The Hall–Kier alpha value is -3.88. The van der Waals surface area contributed by atoms with Crippen molar-refractivity contribution >= 4 is 11.6 Å². The topological polar surface area (TPSA) is 93.4 Å². The van der Waals surface area contributed by atoms with Gasteiger partial charge in [0.2, 0.25) is 5.76 Å². The molecule has 0 spiro atoms. The molecule has 9 nitrogen and oxygen atoms in total. The number of pyridine rings is 1. The standard InChI is InChI=1S/C22H22N6O3/c1-15-21(16(2)28(24-15)20-7-3-4-8-23-20)26-9-11-27(12-10-26)22(29)17-14-19(31-25-17)18-6-5-13-30-18/h3-8,13-14H,9-12H2,1-2H3. The highest BCUT2D eigenvalue weighted by atomic mass is 16.5. The number of aromatic nitrogens is 4. The van der Waals surface area contributed by atoms with Crippen LogP contribution in [0.4, 0.5) is 5.69 Å². The fourth-order valence-electron chi connectivity index (χ4n) is 4.00. The Morgan fingerprint density at radius 1 is 1.03 bits per heavy atom. The van der Waals surface area contributed by atoms with Gasteiger partial charge in [-0.15, -0.1) is 0 Å². The molecule has 0 N–H and O–H groups in total. The van der Waals surface area contributed by atoms with Crippen molar-refractivity contribution in [2.24, 2.45) is 0 Å². The van der Waals surface area contributed by atoms with E-state index in [9.17, 15) is 4.79 Å². The quantitative estimate of drug-likeness (QED) is 0.503. The third-order valence-electron chi connectivity index (χ3n) is 5.50. The Morgan fingerprint density at radius 3 is 2.58 bits per heavy atom. The van der Waals surface area contributed by atoms with Crippen LogP contribution in [0.1, 0.15) is 21.9 Å². The smallest absolute Gasteiger partial charge is 0.276 e. The van der Waals surface area contributed by atoms with E-state index in [4.69, 9.17) is 8.94 Å². The van der Waals surface area contributed by atoms with Gasteiger partial charge in [0.25, 0.3) is 5.91 Å². The number of anilines is 1. The average Bonchev–Trinajstić information content (AvgIpc) is 3.55. The minimum absolute atomic E-state index is 0.140. The SMILES string of the molecule is Cc1nn(-c2ccccn2)c(C)c1N1CCN(C(=O)c2cc(-c3ccco3)on2)CC1. The normalized spacial score (nSPS) is 14.3. The second-order valence-electron chi connectivity index (χ2n) is 7.45. The third-order valence-corrected chi connectivity index (χ3v) is 5.50. The van der Waals surface area contributed by atoms with Gasteiger partial charge in [0, 0.05) is 38.4 Å². The zero-order valence-corrected chi connectivity index (χ0v) is 17.4. The second-order valence-corrected chi connectivity index (χ2v) is 7.45. The first kappa shape index (κ1) is 19.1. The Labute approximate surface area is 178 Å². The molecule has 4 aromatic rings. The highest BCUT2D eigenvalue weighted by molar-refractivity contribution is 5.93. The van der Waals surface area contributed by atoms with E-state index >= 15 is 0 Å². The van der Waals surface area contributed by atoms with Crippen molar-refractivity contribution in [2.45, 2.75) is 13.8 Å². The molecule has 158 valence electrons. The summed E-state index contributed by atoms with van der Waals surface area (Å²) in [5, 5.41) is 8.61. The van der Waals surface area contributed by atoms with Crippen LogP contribution in [-0.4, -0.2) is 56.9 Å². The Balaban J connectivity index is 1.29. The molecule has 0 aromatic carbocycles. The summed E-state index contributed by atoms with van der Waals surface area (Å²) >= 11 is 0. The molecule has 0 radical (unpaired) electrons. The Kier molecular flexibility index (Phi) is 4.78. The van der Waals surface area contributed by atoms with E-state index in [0.717, 1.165) is 22.9 Å². The summed E-state index contributed by atoms with van der Waals surface area (Å²) < 4.78 is 12.4. The van der Waals surface area contributed by atoms with Gasteiger partial charge < -0.3 is 18.7 Å². The van der Waals surface area contributed by atoms with Gasteiger partial charge in [-0.2, -0.15) is 5.10 Å². The lowest BCUT2D eigenvalue weighted by molar-refractivity contribution is 0.0736. The molecule has 5 rings (SSSR count). The van der Waals surface area contributed by atoms with Crippen LogP contribution in [0.15, 0.2) is 57.8 Å². The highest BCUT2D eigenvalue weighted by Gasteiger charge is 2.28. The average molecular weight is 418 g/mol. The summed E-state index contributed by atoms with van der Waals surface area (Å²) in [5.41, 5.74) is 3.37. The summed E-state index contributed by atoms with van der Waals surface area (Å²) in [6.07, 6.45) is 3.32. The lowest BCUT2D eigenvalue weighted by Crippen LogP contribution is -2.49. The molecule has 0 saturated carbocycles. The predicted octanol–water partition coefficient (Wildman–Crippen LogP) is 3.09. The molecule has 1 aliphatic rings. The number of hydrogen-bond acceptors (Lipinski definition) is 7. The number of piperazine rings is 1. The van der Waals surface area contributed by atoms with Gasteiger partial charge >= 0.3 is 0 Å². The summed E-state index contributed by atoms with van der Waals surface area (Å²) in [4.78, 5) is 21.4. The molecule has 1 fully saturated rings. The number of furan rings is 1. The van der Waals surface area contributed by atoms with Crippen LogP contribution in [0.3, 0.4) is 0 Å². The molecular formula is C22H22N6O3. The van der Waals surface area contributed by atoms with Crippen LogP contribution < -0.4 is 4.90 Å². The molecule has 4 aromatic heterocycles. The number of carbonyl (C=O) groups is 1. The Morgan fingerprint density at radius 2 is 1.87 bits per heavy atom. The van der Waals surface area contributed by atoms with Gasteiger partial charge in [-0.1, -0.05) is 11.2 Å². The van der Waals surface area contributed by atoms with Gasteiger partial charge in [0.1, 0.15) is 0 Å². The summed E-state index contributed by atoms with van der Waals surface area (Å²) in [6, 6.07) is 10.9. The van der Waals surface area contributed by atoms with E-state index in [2.05, 4.69) is 20.1 Å². The van der Waals surface area contributed by atoms with Crippen molar-refractivity contribution in [3.8, 4) is 17.3 Å². The van der Waals surface area contributed by atoms with Crippen molar-refractivity contribution in [2.75, 3.05) is 31.1 Å². The molecule has 0 unspecified atom stereocenters. The number of rotatable bonds is 4. The fraction of sp³-hybridized carbons (Fsp3) is 0.273. The minimum atomic E-state index is -0.140. The first-order valence-corrected chi connectivity index (χ1v) is 10.1. The number of carbonyl (C=O) groups excluding carboxylic acids is 1. The van der Waals surface area contributed by atoms with E-state index in [1.54, 1.807) is 35.6 Å². The second kappa shape index (κ2) is 7.75. The van der Waals surface area contributed by atoms with Gasteiger partial charge in [0.15, 0.2) is 17.3 Å². The molecule has 0 atom stereocenters. The van der Waals surface area contributed by atoms with Gasteiger partial charge in [-0.05, 0) is 38.1 Å². The van der Waals surface area contributed by atoms with E-state index in [1.165, 1.54) is 0 Å². The summed E-state index contributed by atoms with van der Waals surface area (Å²) in [6.45, 7) is 6.66. The van der Waals surface area contributed by atoms with Crippen molar-refractivity contribution < 1.29 is 13.7 Å². The fourth-order valence-corrected chi connectivity index (χ4v) is 4.00. The molecule has 1 saturated heterocycles. The van der Waals surface area contributed by atoms with Crippen molar-refractivity contribution in [3.05, 3.63) is 65.9 Å². The molecule has 0 aliphatic carbocycles. The molecule has 0 bridgehead atoms. The van der Waals surface area contributed by atoms with Crippen LogP contribution in [0.5, 0.6) is 0 Å². The molecular weight excluding hydrogens is 396 g/mol. The zero-order valence-electron chi connectivity index (χ0n) is 17.4. The maximum absolute atomic E-state index is 12.9. The Bertz CT molecular complexity index is 1190. The zero-order chi connectivity index (χ0) is 21.4. The first-order chi connectivity index (χ1) is 15.1. The van der Waals surface area contributed by atoms with Gasteiger partial charge in [-0.25, -0.2) is 9.67 Å². The van der Waals surface area contributed by atoms with Crippen LogP contribution >= 0.6 is 0 Å². The van der Waals surface area contributed by atoms with Crippen molar-refractivity contribution in [1.82, 2.24) is 24.8 Å². The highest BCUT2D eigenvalue weighted by Crippen LogP contribution is 2.28. The summed E-state index contributed by atoms with van der Waals surface area (Å²) in [5.74, 6) is 1.65. The monoisotopic (exact) mass is 418 g/mol. The van der Waals surface area contributed by atoms with E-state index in [-0.39, 0.29) is 11.6 Å². The van der Waals surface area contributed by atoms with Crippen LogP contribution in [0, 0.1) is 13.8 Å². The lowest BCUT2D eigenvalue weighted by Gasteiger charge is -2.35. The van der Waals surface area contributed by atoms with E-state index in [1.807, 2.05) is 36.7 Å². The number of amides is 1. The molecule has 31 heavy (non-hydrogen) atoms. The van der Waals surface area contributed by atoms with Gasteiger partial charge in [0.05, 0.1) is 23.3 Å². The molecule has 5 heterocycles. The van der Waals surface area contributed by atoms with Crippen molar-refractivity contribution in [1.29, 1.82) is 0 Å². The van der Waals surface area contributed by atoms with Crippen LogP contribution in [0.25, 0.3) is 17.3 Å². The van der Waals surface area contributed by atoms with Crippen molar-refractivity contribution in [3.63, 3.8) is 0 Å². The van der Waals surface area contributed by atoms with E-state index < -0.39 is 0 Å². The predicted molar refractivity (Wildman–Crippen MR) is 113 cm³/mol. The molecule has 9 heteroatoms. The van der Waals surface area contributed by atoms with Gasteiger partial charge in [-0.3, -0.25) is 4.79 Å². The third kappa shape index (κ3) is 3.48. The minimum Gasteiger partial charge on any atom is -0.461 e. The number of aryl methyl sites for hydroxylation is 1. The molecule has 1 amide bonds. The maximum atomic E-state index is 12.9. The first-order valence-electron chi connectivity index (χ1n) is 10.1. The largest absolute Gasteiger partial charge is 0.461 e. The lowest BCUT2D eigenvalue weighted by atomic mass is 10.2. The maximum Gasteiger partial charge on any atom is 0.276 e. The summed E-state index contributed by atoms with van der Waals surface area (Å²) in [7, 11) is 0.